The Morgan fingerprint density at radius 2 is 0.978 bits per heavy atom. The first-order valence-electron chi connectivity index (χ1n) is 15.3. The molecule has 0 bridgehead atoms. The van der Waals surface area contributed by atoms with Gasteiger partial charge in [0.15, 0.2) is 0 Å². The van der Waals surface area contributed by atoms with Crippen molar-refractivity contribution in [2.75, 3.05) is 4.90 Å². The van der Waals surface area contributed by atoms with E-state index in [1.54, 1.807) is 0 Å². The van der Waals surface area contributed by atoms with Gasteiger partial charge >= 0.3 is 0 Å². The predicted octanol–water partition coefficient (Wildman–Crippen LogP) is 12.4. The third-order valence-electron chi connectivity index (χ3n) is 8.63. The molecule has 8 aromatic rings. The van der Waals surface area contributed by atoms with Crippen LogP contribution in [0.25, 0.3) is 55.3 Å². The van der Waals surface area contributed by atoms with Crippen LogP contribution in [0, 0.1) is 6.92 Å². The van der Waals surface area contributed by atoms with E-state index in [0.717, 1.165) is 44.9 Å². The summed E-state index contributed by atoms with van der Waals surface area (Å²) in [6.07, 6.45) is 0. The molecule has 0 fully saturated rings. The van der Waals surface area contributed by atoms with Gasteiger partial charge in [-0.1, -0.05) is 121 Å². The number of anilines is 3. The first-order valence-corrected chi connectivity index (χ1v) is 15.3. The Hall–Kier alpha value is -5.86. The van der Waals surface area contributed by atoms with E-state index >= 15 is 0 Å². The van der Waals surface area contributed by atoms with Gasteiger partial charge in [0.05, 0.1) is 0 Å². The molecule has 0 N–H and O–H groups in total. The zero-order valence-electron chi connectivity index (χ0n) is 25.0. The molecule has 214 valence electrons. The highest BCUT2D eigenvalue weighted by molar-refractivity contribution is 5.90. The number of hydrogen-bond donors (Lipinski definition) is 0. The third kappa shape index (κ3) is 5.07. The molecule has 2 nitrogen and oxygen atoms in total. The molecule has 0 aliphatic heterocycles. The Labute approximate surface area is 263 Å². The molecule has 0 saturated carbocycles. The fourth-order valence-corrected chi connectivity index (χ4v) is 6.31. The summed E-state index contributed by atoms with van der Waals surface area (Å²) >= 11 is 0. The minimum absolute atomic E-state index is 0.905. The standard InChI is InChI=1S/C43H31NO/c1-30-41-19-7-8-20-42(41)45-43(30)37-16-10-18-40(29-37)44(39-17-9-15-35(28-39)31-11-3-2-4-12-31)38-25-23-33(24-26-38)36-22-21-32-13-5-6-14-34(32)27-36/h2-29H,1H3. The van der Waals surface area contributed by atoms with Crippen LogP contribution in [0.3, 0.4) is 0 Å². The number of benzene rings is 7. The SMILES string of the molecule is Cc1c(-c2cccc(N(c3ccc(-c4ccc5ccccc5c4)cc3)c3cccc(-c4ccccc4)c3)c2)oc2ccccc12. The second kappa shape index (κ2) is 11.3. The van der Waals surface area contributed by atoms with Gasteiger partial charge < -0.3 is 9.32 Å². The molecular weight excluding hydrogens is 546 g/mol. The van der Waals surface area contributed by atoms with Crippen molar-refractivity contribution in [3.63, 3.8) is 0 Å². The van der Waals surface area contributed by atoms with Crippen LogP contribution in [-0.2, 0) is 0 Å². The average molecular weight is 578 g/mol. The molecule has 0 saturated heterocycles. The van der Waals surface area contributed by atoms with E-state index in [1.807, 2.05) is 12.1 Å². The van der Waals surface area contributed by atoms with Crippen LogP contribution in [0.15, 0.2) is 174 Å². The molecule has 2 heteroatoms. The van der Waals surface area contributed by atoms with E-state index in [1.165, 1.54) is 33.0 Å². The Morgan fingerprint density at radius 3 is 1.76 bits per heavy atom. The quantitative estimate of drug-likeness (QED) is 0.195. The lowest BCUT2D eigenvalue weighted by molar-refractivity contribution is 0.629. The van der Waals surface area contributed by atoms with Gasteiger partial charge in [0, 0.05) is 33.6 Å². The van der Waals surface area contributed by atoms with E-state index in [0.29, 0.717) is 0 Å². The van der Waals surface area contributed by atoms with Crippen molar-refractivity contribution in [3.8, 4) is 33.6 Å². The lowest BCUT2D eigenvalue weighted by Gasteiger charge is -2.26. The van der Waals surface area contributed by atoms with Crippen molar-refractivity contribution >= 4 is 38.8 Å². The highest BCUT2D eigenvalue weighted by atomic mass is 16.3. The first kappa shape index (κ1) is 26.7. The zero-order valence-corrected chi connectivity index (χ0v) is 25.0. The minimum Gasteiger partial charge on any atom is -0.456 e. The summed E-state index contributed by atoms with van der Waals surface area (Å²) in [4.78, 5) is 2.33. The molecule has 0 unspecified atom stereocenters. The number of rotatable bonds is 6. The number of para-hydroxylation sites is 1. The van der Waals surface area contributed by atoms with E-state index in [-0.39, 0.29) is 0 Å². The number of furan rings is 1. The number of fused-ring (bicyclic) bond motifs is 2. The summed E-state index contributed by atoms with van der Waals surface area (Å²) in [6.45, 7) is 2.14. The van der Waals surface area contributed by atoms with Crippen molar-refractivity contribution < 1.29 is 4.42 Å². The molecule has 0 radical (unpaired) electrons. The largest absolute Gasteiger partial charge is 0.456 e. The zero-order chi connectivity index (χ0) is 30.2. The van der Waals surface area contributed by atoms with Crippen molar-refractivity contribution in [2.45, 2.75) is 6.92 Å². The smallest absolute Gasteiger partial charge is 0.138 e. The van der Waals surface area contributed by atoms with Gasteiger partial charge in [0.1, 0.15) is 11.3 Å². The van der Waals surface area contributed by atoms with Gasteiger partial charge in [0.2, 0.25) is 0 Å². The van der Waals surface area contributed by atoms with Crippen molar-refractivity contribution in [1.29, 1.82) is 0 Å². The molecule has 1 heterocycles. The van der Waals surface area contributed by atoms with Crippen LogP contribution in [-0.4, -0.2) is 0 Å². The Kier molecular flexibility index (Phi) is 6.73. The van der Waals surface area contributed by atoms with Gasteiger partial charge in [0.25, 0.3) is 0 Å². The first-order chi connectivity index (χ1) is 22.2. The number of aryl methyl sites for hydroxylation is 1. The van der Waals surface area contributed by atoms with Gasteiger partial charge in [-0.15, -0.1) is 0 Å². The predicted molar refractivity (Wildman–Crippen MR) is 189 cm³/mol. The highest BCUT2D eigenvalue weighted by Crippen LogP contribution is 2.40. The van der Waals surface area contributed by atoms with Crippen molar-refractivity contribution in [1.82, 2.24) is 0 Å². The van der Waals surface area contributed by atoms with Crippen LogP contribution in [0.5, 0.6) is 0 Å². The second-order valence-electron chi connectivity index (χ2n) is 11.5. The molecular formula is C43H31NO. The summed E-state index contributed by atoms with van der Waals surface area (Å²) in [7, 11) is 0. The normalized spacial score (nSPS) is 11.2. The molecule has 0 amide bonds. The van der Waals surface area contributed by atoms with Gasteiger partial charge in [-0.3, -0.25) is 0 Å². The topological polar surface area (TPSA) is 16.4 Å². The summed E-state index contributed by atoms with van der Waals surface area (Å²) in [5, 5.41) is 3.65. The molecule has 0 aliphatic carbocycles. The lowest BCUT2D eigenvalue weighted by atomic mass is 10.0. The lowest BCUT2D eigenvalue weighted by Crippen LogP contribution is -2.10. The fourth-order valence-electron chi connectivity index (χ4n) is 6.31. The van der Waals surface area contributed by atoms with E-state index < -0.39 is 0 Å². The maximum atomic E-state index is 6.38. The summed E-state index contributed by atoms with van der Waals surface area (Å²) < 4.78 is 6.38. The Bertz CT molecular complexity index is 2280. The molecule has 0 spiro atoms. The highest BCUT2D eigenvalue weighted by Gasteiger charge is 2.17. The second-order valence-corrected chi connectivity index (χ2v) is 11.5. The van der Waals surface area contributed by atoms with Crippen molar-refractivity contribution in [3.05, 3.63) is 175 Å². The number of hydrogen-bond acceptors (Lipinski definition) is 2. The van der Waals surface area contributed by atoms with Crippen molar-refractivity contribution in [2.24, 2.45) is 0 Å². The van der Waals surface area contributed by atoms with Crippen LogP contribution in [0.2, 0.25) is 0 Å². The Morgan fingerprint density at radius 1 is 0.400 bits per heavy atom. The molecule has 0 aliphatic rings. The summed E-state index contributed by atoms with van der Waals surface area (Å²) in [5.74, 6) is 0.905. The molecule has 8 rings (SSSR count). The van der Waals surface area contributed by atoms with Crippen LogP contribution >= 0.6 is 0 Å². The van der Waals surface area contributed by atoms with Crippen LogP contribution in [0.4, 0.5) is 17.1 Å². The van der Waals surface area contributed by atoms with Crippen LogP contribution in [0.1, 0.15) is 5.56 Å². The summed E-state index contributed by atoms with van der Waals surface area (Å²) in [5.41, 5.74) is 11.1. The van der Waals surface area contributed by atoms with E-state index in [9.17, 15) is 0 Å². The average Bonchev–Trinajstić information content (AvgIpc) is 3.45. The maximum absolute atomic E-state index is 6.38. The molecule has 0 atom stereocenters. The summed E-state index contributed by atoms with van der Waals surface area (Å²) in [6, 6.07) is 60.3. The number of nitrogens with zero attached hydrogens (tertiary/aromatic N) is 1. The molecule has 45 heavy (non-hydrogen) atoms. The van der Waals surface area contributed by atoms with Crippen LogP contribution < -0.4 is 4.90 Å². The minimum atomic E-state index is 0.905. The Balaban J connectivity index is 1.24. The fraction of sp³-hybridized carbons (Fsp3) is 0.0233. The monoisotopic (exact) mass is 577 g/mol. The van der Waals surface area contributed by atoms with Gasteiger partial charge in [-0.2, -0.15) is 0 Å². The van der Waals surface area contributed by atoms with E-state index in [4.69, 9.17) is 4.42 Å². The molecule has 1 aromatic heterocycles. The third-order valence-corrected chi connectivity index (χ3v) is 8.63. The van der Waals surface area contributed by atoms with E-state index in [2.05, 4.69) is 170 Å². The van der Waals surface area contributed by atoms with Gasteiger partial charge in [-0.25, -0.2) is 0 Å². The maximum Gasteiger partial charge on any atom is 0.138 e. The van der Waals surface area contributed by atoms with Gasteiger partial charge in [-0.05, 0) is 88.5 Å². The molecule has 7 aromatic carbocycles.